The fraction of sp³-hybridized carbons (Fsp3) is 0. The molecule has 7 aromatic carbocycles. The van der Waals surface area contributed by atoms with Crippen LogP contribution in [0.4, 0.5) is 0 Å². The fourth-order valence-electron chi connectivity index (χ4n) is 5.90. The van der Waals surface area contributed by atoms with Gasteiger partial charge in [-0.1, -0.05) is 145 Å². The molecule has 0 atom stereocenters. The van der Waals surface area contributed by atoms with Crippen molar-refractivity contribution >= 4 is 21.8 Å². The first-order chi connectivity index (χ1) is 29.7. The van der Waals surface area contributed by atoms with Gasteiger partial charge in [-0.05, 0) is 58.6 Å². The first kappa shape index (κ1) is 18.0. The summed E-state index contributed by atoms with van der Waals surface area (Å²) in [5.74, 6) is 1.22. The molecule has 4 heteroatoms. The Kier molecular flexibility index (Phi) is 4.48. The SMILES string of the molecule is [2H]c1c([2H])c([2H])c(-c2cc(-c3cccc(-c4nc(-c5ccccc5)nc(-c5ccccc5)n4)c3)cc(-n3c4c([2H])c([2H])c([2H])c([2H])c4c4c([2H])c([2H])c([2H])c([2H])c43)c2)c([2H])c1[2H]. The molecule has 230 valence electrons. The van der Waals surface area contributed by atoms with Gasteiger partial charge < -0.3 is 4.57 Å². The number of hydrogen-bond acceptors (Lipinski definition) is 3. The van der Waals surface area contributed by atoms with Crippen LogP contribution >= 0.6 is 0 Å². The van der Waals surface area contributed by atoms with Crippen LogP contribution in [-0.4, -0.2) is 19.5 Å². The Morgan fingerprint density at radius 1 is 0.367 bits per heavy atom. The molecular formula is C45H30N4. The highest BCUT2D eigenvalue weighted by Gasteiger charge is 2.16. The van der Waals surface area contributed by atoms with Crippen molar-refractivity contribution in [1.29, 1.82) is 0 Å². The van der Waals surface area contributed by atoms with Gasteiger partial charge in [-0.15, -0.1) is 0 Å². The summed E-state index contributed by atoms with van der Waals surface area (Å²) in [6.45, 7) is 0. The Labute approximate surface area is 302 Å². The molecule has 0 N–H and O–H groups in total. The zero-order chi connectivity index (χ0) is 43.9. The Balaban J connectivity index is 1.36. The Morgan fingerprint density at radius 3 is 1.41 bits per heavy atom. The van der Waals surface area contributed by atoms with Crippen LogP contribution in [0, 0.1) is 0 Å². The smallest absolute Gasteiger partial charge is 0.164 e. The van der Waals surface area contributed by atoms with E-state index in [9.17, 15) is 0 Å². The molecule has 0 spiro atoms. The number of nitrogens with zero attached hydrogens (tertiary/aromatic N) is 4. The van der Waals surface area contributed by atoms with E-state index in [-0.39, 0.29) is 38.6 Å². The molecule has 2 heterocycles. The zero-order valence-electron chi connectivity index (χ0n) is 38.6. The molecule has 0 amide bonds. The lowest BCUT2D eigenvalue weighted by Gasteiger charge is -2.15. The number of aromatic nitrogens is 4. The standard InChI is InChI=1S/C45H30N4/c1-4-15-31(16-5-1)36-28-37(30-38(29-36)49-41-25-12-10-23-39(41)40-24-11-13-26-42(40)49)34-21-14-22-35(27-34)45-47-43(32-17-6-2-7-18-32)46-44(48-45)33-19-8-3-9-20-33/h1-30H/i1D,4D,5D,10D,11D,12D,13D,15D,16D,23D,24D,25D,26D. The highest BCUT2D eigenvalue weighted by Crippen LogP contribution is 2.37. The molecule has 0 radical (unpaired) electrons. The van der Waals surface area contributed by atoms with Crippen LogP contribution in [-0.2, 0) is 0 Å². The van der Waals surface area contributed by atoms with E-state index in [1.54, 1.807) is 24.3 Å². The zero-order valence-corrected chi connectivity index (χ0v) is 25.6. The molecule has 0 aliphatic carbocycles. The van der Waals surface area contributed by atoms with Crippen molar-refractivity contribution in [2.75, 3.05) is 0 Å². The van der Waals surface area contributed by atoms with Gasteiger partial charge in [0.05, 0.1) is 28.9 Å². The summed E-state index contributed by atoms with van der Waals surface area (Å²) in [5.41, 5.74) is 2.91. The van der Waals surface area contributed by atoms with Gasteiger partial charge in [-0.25, -0.2) is 15.0 Å². The van der Waals surface area contributed by atoms with Crippen LogP contribution in [0.2, 0.25) is 0 Å². The van der Waals surface area contributed by atoms with Crippen LogP contribution in [0.25, 0.3) is 83.9 Å². The Hall–Kier alpha value is -6.65. The van der Waals surface area contributed by atoms with Crippen LogP contribution in [0.3, 0.4) is 0 Å². The fourth-order valence-corrected chi connectivity index (χ4v) is 5.90. The van der Waals surface area contributed by atoms with Crippen molar-refractivity contribution < 1.29 is 17.8 Å². The predicted octanol–water partition coefficient (Wildman–Crippen LogP) is 11.3. The van der Waals surface area contributed by atoms with Crippen molar-refractivity contribution in [2.24, 2.45) is 0 Å². The van der Waals surface area contributed by atoms with Crippen LogP contribution < -0.4 is 0 Å². The number of rotatable bonds is 6. The molecule has 0 aliphatic heterocycles. The van der Waals surface area contributed by atoms with Crippen LogP contribution in [0.1, 0.15) is 17.8 Å². The highest BCUT2D eigenvalue weighted by molar-refractivity contribution is 6.09. The van der Waals surface area contributed by atoms with Gasteiger partial charge in [0.1, 0.15) is 0 Å². The summed E-state index contributed by atoms with van der Waals surface area (Å²) in [5, 5.41) is -0.263. The molecule has 0 unspecified atom stereocenters. The lowest BCUT2D eigenvalue weighted by atomic mass is 9.96. The maximum Gasteiger partial charge on any atom is 0.164 e. The molecule has 0 fully saturated rings. The minimum absolute atomic E-state index is 0.127. The number of para-hydroxylation sites is 2. The quantitative estimate of drug-likeness (QED) is 0.182. The van der Waals surface area contributed by atoms with E-state index >= 15 is 0 Å². The van der Waals surface area contributed by atoms with Gasteiger partial charge in [-0.3, -0.25) is 0 Å². The van der Waals surface area contributed by atoms with Crippen molar-refractivity contribution in [3.05, 3.63) is 182 Å². The first-order valence-electron chi connectivity index (χ1n) is 21.9. The maximum atomic E-state index is 9.09. The summed E-state index contributed by atoms with van der Waals surface area (Å²) >= 11 is 0. The molecule has 9 rings (SSSR count). The van der Waals surface area contributed by atoms with Crippen molar-refractivity contribution in [1.82, 2.24) is 19.5 Å². The topological polar surface area (TPSA) is 43.6 Å². The van der Waals surface area contributed by atoms with Gasteiger partial charge in [0.2, 0.25) is 0 Å². The molecule has 4 nitrogen and oxygen atoms in total. The van der Waals surface area contributed by atoms with Crippen LogP contribution in [0.15, 0.2) is 182 Å². The Bertz CT molecular complexity index is 3170. The predicted molar refractivity (Wildman–Crippen MR) is 201 cm³/mol. The summed E-state index contributed by atoms with van der Waals surface area (Å²) in [6, 6.07) is 23.7. The summed E-state index contributed by atoms with van der Waals surface area (Å²) < 4.78 is 115. The van der Waals surface area contributed by atoms with Crippen molar-refractivity contribution in [3.63, 3.8) is 0 Å². The molecule has 49 heavy (non-hydrogen) atoms. The molecule has 9 aromatic rings. The summed E-state index contributed by atoms with van der Waals surface area (Å²) in [4.78, 5) is 14.5. The minimum Gasteiger partial charge on any atom is -0.309 e. The Morgan fingerprint density at radius 2 is 0.816 bits per heavy atom. The molecular weight excluding hydrogens is 597 g/mol. The third kappa shape index (κ3) is 5.35. The average Bonchev–Trinajstić information content (AvgIpc) is 3.67. The number of hydrogen-bond donors (Lipinski definition) is 0. The van der Waals surface area contributed by atoms with E-state index in [0.29, 0.717) is 34.2 Å². The van der Waals surface area contributed by atoms with Gasteiger partial charge in [0, 0.05) is 33.2 Å². The number of fused-ring (bicyclic) bond motifs is 3. The molecule has 0 saturated carbocycles. The molecule has 0 bridgehead atoms. The average molecular weight is 640 g/mol. The minimum atomic E-state index is -0.599. The monoisotopic (exact) mass is 639 g/mol. The van der Waals surface area contributed by atoms with Crippen molar-refractivity contribution in [3.8, 4) is 62.1 Å². The molecule has 0 aliphatic rings. The third-order valence-electron chi connectivity index (χ3n) is 8.15. The highest BCUT2D eigenvalue weighted by atomic mass is 15.0. The molecule has 2 aromatic heterocycles. The van der Waals surface area contributed by atoms with Gasteiger partial charge in [0.15, 0.2) is 17.5 Å². The van der Waals surface area contributed by atoms with Gasteiger partial charge >= 0.3 is 0 Å². The van der Waals surface area contributed by atoms with E-state index in [1.807, 2.05) is 72.8 Å². The van der Waals surface area contributed by atoms with E-state index in [0.717, 1.165) is 11.1 Å². The molecule has 0 saturated heterocycles. The van der Waals surface area contributed by atoms with E-state index in [4.69, 9.17) is 32.8 Å². The second-order valence-electron chi connectivity index (χ2n) is 11.2. The lowest BCUT2D eigenvalue weighted by Crippen LogP contribution is -2.00. The lowest BCUT2D eigenvalue weighted by molar-refractivity contribution is 1.07. The third-order valence-corrected chi connectivity index (χ3v) is 8.15. The normalized spacial score (nSPS) is 15.0. The second kappa shape index (κ2) is 12.2. The van der Waals surface area contributed by atoms with Gasteiger partial charge in [-0.2, -0.15) is 0 Å². The van der Waals surface area contributed by atoms with E-state index < -0.39 is 78.6 Å². The number of benzene rings is 7. The van der Waals surface area contributed by atoms with Crippen molar-refractivity contribution in [2.45, 2.75) is 0 Å². The van der Waals surface area contributed by atoms with Crippen LogP contribution in [0.5, 0.6) is 0 Å². The summed E-state index contributed by atoms with van der Waals surface area (Å²) in [6.07, 6.45) is 0. The maximum absolute atomic E-state index is 9.09. The van der Waals surface area contributed by atoms with Gasteiger partial charge in [0.25, 0.3) is 0 Å². The summed E-state index contributed by atoms with van der Waals surface area (Å²) in [7, 11) is 0. The van der Waals surface area contributed by atoms with E-state index in [1.165, 1.54) is 10.6 Å². The first-order valence-corrected chi connectivity index (χ1v) is 15.4. The largest absolute Gasteiger partial charge is 0.309 e. The second-order valence-corrected chi connectivity index (χ2v) is 11.2. The van der Waals surface area contributed by atoms with E-state index in [2.05, 4.69) is 0 Å².